The Balaban J connectivity index is 1.78. The maximum Gasteiger partial charge on any atom is 0.337 e. The molecule has 152 valence electrons. The van der Waals surface area contributed by atoms with Crippen molar-refractivity contribution >= 4 is 60.5 Å². The van der Waals surface area contributed by atoms with E-state index < -0.39 is 16.8 Å². The van der Waals surface area contributed by atoms with Gasteiger partial charge in [-0.25, -0.2) is 4.79 Å². The van der Waals surface area contributed by atoms with Crippen LogP contribution in [0.15, 0.2) is 47.5 Å². The van der Waals surface area contributed by atoms with Crippen LogP contribution in [0.25, 0.3) is 20.3 Å². The molecule has 0 bridgehead atoms. The standard InChI is InChI=1S/C20H15N3O5S2/c1-3-22-14-6-4-11(19(25)28-2)9-16(14)30-20(22)21-18(24)17-10-12-8-13(23(26)27)5-7-15(12)29-17/h4-10H,3H2,1-2H3. The van der Waals surface area contributed by atoms with Crippen molar-refractivity contribution in [3.05, 3.63) is 67.8 Å². The first kappa shape index (κ1) is 19.9. The molecule has 0 aliphatic heterocycles. The number of fused-ring (bicyclic) bond motifs is 2. The molecule has 0 N–H and O–H groups in total. The number of benzene rings is 2. The number of carbonyl (C=O) groups excluding carboxylic acids is 2. The summed E-state index contributed by atoms with van der Waals surface area (Å²) in [6.45, 7) is 2.55. The number of aromatic nitrogens is 1. The van der Waals surface area contributed by atoms with E-state index in [2.05, 4.69) is 4.99 Å². The van der Waals surface area contributed by atoms with Crippen molar-refractivity contribution in [3.63, 3.8) is 0 Å². The molecule has 0 radical (unpaired) electrons. The van der Waals surface area contributed by atoms with Crippen LogP contribution >= 0.6 is 22.7 Å². The topological polar surface area (TPSA) is 104 Å². The lowest BCUT2D eigenvalue weighted by molar-refractivity contribution is -0.384. The summed E-state index contributed by atoms with van der Waals surface area (Å²) in [5, 5.41) is 11.6. The van der Waals surface area contributed by atoms with E-state index in [9.17, 15) is 19.7 Å². The summed E-state index contributed by atoms with van der Waals surface area (Å²) in [6, 6.07) is 11.3. The smallest absolute Gasteiger partial charge is 0.337 e. The number of nitro benzene ring substituents is 1. The fourth-order valence-corrected chi connectivity index (χ4v) is 5.16. The number of esters is 1. The second kappa shape index (κ2) is 7.81. The minimum absolute atomic E-state index is 0.0222. The molecule has 10 heteroatoms. The van der Waals surface area contributed by atoms with Crippen LogP contribution in [0.5, 0.6) is 0 Å². The molecule has 8 nitrogen and oxygen atoms in total. The number of non-ortho nitro benzene ring substituents is 1. The number of thiophene rings is 1. The van der Waals surface area contributed by atoms with Crippen molar-refractivity contribution in [3.8, 4) is 0 Å². The fraction of sp³-hybridized carbons (Fsp3) is 0.150. The van der Waals surface area contributed by atoms with E-state index in [1.807, 2.05) is 17.6 Å². The van der Waals surface area contributed by atoms with Crippen LogP contribution in [0, 0.1) is 10.1 Å². The number of hydrogen-bond acceptors (Lipinski definition) is 7. The monoisotopic (exact) mass is 441 g/mol. The highest BCUT2D eigenvalue weighted by molar-refractivity contribution is 7.21. The molecule has 0 fully saturated rings. The maximum absolute atomic E-state index is 12.8. The molecule has 0 saturated heterocycles. The van der Waals surface area contributed by atoms with E-state index in [4.69, 9.17) is 4.74 Å². The van der Waals surface area contributed by atoms with E-state index in [0.717, 1.165) is 14.9 Å². The van der Waals surface area contributed by atoms with Crippen molar-refractivity contribution in [1.82, 2.24) is 4.57 Å². The van der Waals surface area contributed by atoms with Crippen LogP contribution in [-0.4, -0.2) is 28.5 Å². The first-order valence-corrected chi connectivity index (χ1v) is 10.5. The molecule has 0 aliphatic carbocycles. The van der Waals surface area contributed by atoms with Crippen molar-refractivity contribution in [1.29, 1.82) is 0 Å². The Kier molecular flexibility index (Phi) is 5.18. The average Bonchev–Trinajstić information content (AvgIpc) is 3.32. The molecule has 4 aromatic rings. The number of thiazole rings is 1. The van der Waals surface area contributed by atoms with E-state index in [-0.39, 0.29) is 5.69 Å². The van der Waals surface area contributed by atoms with Gasteiger partial charge in [0.1, 0.15) is 0 Å². The van der Waals surface area contributed by atoms with Gasteiger partial charge in [-0.3, -0.25) is 14.9 Å². The molecule has 1 amide bonds. The van der Waals surface area contributed by atoms with Crippen molar-refractivity contribution < 1.29 is 19.2 Å². The number of carbonyl (C=O) groups is 2. The van der Waals surface area contributed by atoms with Gasteiger partial charge in [-0.05, 0) is 37.3 Å². The number of rotatable bonds is 4. The molecular weight excluding hydrogens is 426 g/mol. The third-order valence-corrected chi connectivity index (χ3v) is 6.68. The fourth-order valence-electron chi connectivity index (χ4n) is 3.10. The number of hydrogen-bond donors (Lipinski definition) is 0. The van der Waals surface area contributed by atoms with Gasteiger partial charge >= 0.3 is 5.97 Å². The minimum Gasteiger partial charge on any atom is -0.465 e. The zero-order chi connectivity index (χ0) is 21.4. The van der Waals surface area contributed by atoms with Crippen LogP contribution in [0.2, 0.25) is 0 Å². The maximum atomic E-state index is 12.8. The second-order valence-electron chi connectivity index (χ2n) is 6.31. The van der Waals surface area contributed by atoms with Crippen molar-refractivity contribution in [2.24, 2.45) is 4.99 Å². The summed E-state index contributed by atoms with van der Waals surface area (Å²) in [4.78, 5) is 40.3. The Hall–Kier alpha value is -3.37. The molecule has 30 heavy (non-hydrogen) atoms. The average molecular weight is 441 g/mol. The summed E-state index contributed by atoms with van der Waals surface area (Å²) in [7, 11) is 1.33. The Morgan fingerprint density at radius 1 is 1.13 bits per heavy atom. The van der Waals surface area contributed by atoms with Crippen LogP contribution in [0.1, 0.15) is 27.0 Å². The summed E-state index contributed by atoms with van der Waals surface area (Å²) in [5.41, 5.74) is 1.28. The number of amides is 1. The zero-order valence-electron chi connectivity index (χ0n) is 15.9. The van der Waals surface area contributed by atoms with Gasteiger partial charge in [0.2, 0.25) is 0 Å². The lowest BCUT2D eigenvalue weighted by Crippen LogP contribution is -2.15. The van der Waals surface area contributed by atoms with Gasteiger partial charge < -0.3 is 9.30 Å². The first-order valence-electron chi connectivity index (χ1n) is 8.90. The van der Waals surface area contributed by atoms with E-state index in [1.54, 1.807) is 24.3 Å². The molecular formula is C20H15N3O5S2. The summed E-state index contributed by atoms with van der Waals surface area (Å²) in [5.74, 6) is -0.844. The highest BCUT2D eigenvalue weighted by Gasteiger charge is 2.15. The third kappa shape index (κ3) is 3.51. The van der Waals surface area contributed by atoms with Crippen LogP contribution in [0.3, 0.4) is 0 Å². The number of aryl methyl sites for hydroxylation is 1. The quantitative estimate of drug-likeness (QED) is 0.266. The Morgan fingerprint density at radius 2 is 1.93 bits per heavy atom. The minimum atomic E-state index is -0.465. The van der Waals surface area contributed by atoms with Gasteiger partial charge in [0.25, 0.3) is 11.6 Å². The molecule has 2 aromatic carbocycles. The van der Waals surface area contributed by atoms with Gasteiger partial charge in [-0.15, -0.1) is 11.3 Å². The van der Waals surface area contributed by atoms with E-state index in [0.29, 0.717) is 27.2 Å². The van der Waals surface area contributed by atoms with Crippen LogP contribution in [0.4, 0.5) is 5.69 Å². The van der Waals surface area contributed by atoms with Gasteiger partial charge in [0, 0.05) is 28.8 Å². The number of nitro groups is 1. The first-order chi connectivity index (χ1) is 14.4. The number of nitrogens with zero attached hydrogens (tertiary/aromatic N) is 3. The van der Waals surface area contributed by atoms with Crippen LogP contribution in [-0.2, 0) is 11.3 Å². The van der Waals surface area contributed by atoms with E-state index in [1.165, 1.54) is 41.9 Å². The Bertz CT molecular complexity index is 1400. The predicted molar refractivity (Wildman–Crippen MR) is 115 cm³/mol. The molecule has 4 rings (SSSR count). The lowest BCUT2D eigenvalue weighted by atomic mass is 10.2. The molecule has 2 heterocycles. The predicted octanol–water partition coefficient (Wildman–Crippen LogP) is 4.37. The van der Waals surface area contributed by atoms with Gasteiger partial charge in [-0.2, -0.15) is 4.99 Å². The molecule has 0 saturated carbocycles. The molecule has 2 aromatic heterocycles. The highest BCUT2D eigenvalue weighted by Crippen LogP contribution is 2.29. The number of methoxy groups -OCH3 is 1. The molecule has 0 atom stereocenters. The summed E-state index contributed by atoms with van der Waals surface area (Å²) in [6.07, 6.45) is 0. The summed E-state index contributed by atoms with van der Waals surface area (Å²) < 4.78 is 8.26. The Morgan fingerprint density at radius 3 is 2.63 bits per heavy atom. The molecule has 0 aliphatic rings. The largest absolute Gasteiger partial charge is 0.465 e. The van der Waals surface area contributed by atoms with Gasteiger partial charge in [0.15, 0.2) is 4.80 Å². The van der Waals surface area contributed by atoms with Crippen molar-refractivity contribution in [2.45, 2.75) is 13.5 Å². The SMILES string of the molecule is CCn1c(=NC(=O)c2cc3cc([N+](=O)[O-])ccc3s2)sc2cc(C(=O)OC)ccc21. The van der Waals surface area contributed by atoms with E-state index >= 15 is 0 Å². The lowest BCUT2D eigenvalue weighted by Gasteiger charge is -2.01. The normalized spacial score (nSPS) is 11.9. The van der Waals surface area contributed by atoms with Crippen LogP contribution < -0.4 is 4.80 Å². The second-order valence-corrected chi connectivity index (χ2v) is 8.40. The molecule has 0 spiro atoms. The Labute approximate surface area is 177 Å². The third-order valence-electron chi connectivity index (χ3n) is 4.54. The molecule has 0 unspecified atom stereocenters. The highest BCUT2D eigenvalue weighted by atomic mass is 32.1. The summed E-state index contributed by atoms with van der Waals surface area (Å²) >= 11 is 2.55. The van der Waals surface area contributed by atoms with Crippen molar-refractivity contribution in [2.75, 3.05) is 7.11 Å². The zero-order valence-corrected chi connectivity index (χ0v) is 17.6. The van der Waals surface area contributed by atoms with Gasteiger partial charge in [-0.1, -0.05) is 11.3 Å². The number of ether oxygens (including phenoxy) is 1. The van der Waals surface area contributed by atoms with Gasteiger partial charge in [0.05, 0.1) is 32.7 Å².